The van der Waals surface area contributed by atoms with Crippen LogP contribution in [0.3, 0.4) is 0 Å². The predicted octanol–water partition coefficient (Wildman–Crippen LogP) is 1.85. The molecule has 0 unspecified atom stereocenters. The van der Waals surface area contributed by atoms with Crippen LogP contribution in [0.15, 0.2) is 59.5 Å². The van der Waals surface area contributed by atoms with Crippen LogP contribution in [-0.2, 0) is 38.8 Å². The smallest absolute Gasteiger partial charge is 0.330 e. The van der Waals surface area contributed by atoms with E-state index in [0.717, 1.165) is 19.3 Å². The van der Waals surface area contributed by atoms with Crippen LogP contribution in [0.1, 0.15) is 101 Å². The van der Waals surface area contributed by atoms with E-state index in [-0.39, 0.29) is 35.1 Å². The van der Waals surface area contributed by atoms with Crippen LogP contribution < -0.4 is 31.7 Å². The van der Waals surface area contributed by atoms with Crippen molar-refractivity contribution in [1.82, 2.24) is 26.6 Å². The molecule has 4 atom stereocenters. The van der Waals surface area contributed by atoms with E-state index in [1.54, 1.807) is 32.0 Å². The zero-order valence-corrected chi connectivity index (χ0v) is 32.4. The van der Waals surface area contributed by atoms with Gasteiger partial charge in [0.05, 0.1) is 17.5 Å². The normalized spacial score (nSPS) is 16.0. The first-order chi connectivity index (χ1) is 25.9. The van der Waals surface area contributed by atoms with Gasteiger partial charge in [0.2, 0.25) is 33.5 Å². The van der Waals surface area contributed by atoms with Gasteiger partial charge in [-0.1, -0.05) is 76.8 Å². The summed E-state index contributed by atoms with van der Waals surface area (Å²) in [6.45, 7) is 6.28. The zero-order chi connectivity index (χ0) is 40.9. The number of amides is 5. The molecule has 1 aliphatic rings. The van der Waals surface area contributed by atoms with E-state index in [0.29, 0.717) is 24.8 Å². The number of hydrogen-bond acceptors (Lipinski definition) is 9. The Bertz CT molecular complexity index is 1810. The van der Waals surface area contributed by atoms with Gasteiger partial charge >= 0.3 is 5.97 Å². The van der Waals surface area contributed by atoms with E-state index >= 15 is 0 Å². The molecule has 17 heteroatoms. The van der Waals surface area contributed by atoms with Crippen LogP contribution in [0, 0.1) is 11.8 Å². The van der Waals surface area contributed by atoms with Gasteiger partial charge in [-0.05, 0) is 74.3 Å². The molecule has 0 radical (unpaired) electrons. The third-order valence-electron chi connectivity index (χ3n) is 9.57. The summed E-state index contributed by atoms with van der Waals surface area (Å²) < 4.78 is 23.4. The third kappa shape index (κ3) is 12.7. The molecule has 0 heterocycles. The van der Waals surface area contributed by atoms with Crippen molar-refractivity contribution in [2.75, 3.05) is 6.54 Å². The van der Waals surface area contributed by atoms with Crippen LogP contribution in [0.2, 0.25) is 0 Å². The molecule has 0 aliphatic heterocycles. The molecule has 0 spiro atoms. The van der Waals surface area contributed by atoms with Gasteiger partial charge in [0, 0.05) is 5.56 Å². The topological polar surface area (TPSA) is 260 Å². The molecule has 3 rings (SSSR count). The SMILES string of the molecule is CCC[C@@H](NC(=O)[C@H](CC(C)C)NC(=O)[C@@](C)(NC(=O)c1ccc(S(N)(=O)=O)cc1)C1CCCCC1)C(=O)C(=O)NCC(=O)N[C@H](C(=O)O)c1ccccc1. The van der Waals surface area contributed by atoms with Crippen molar-refractivity contribution < 1.29 is 47.1 Å². The first-order valence-corrected chi connectivity index (χ1v) is 19.9. The Labute approximate surface area is 321 Å². The van der Waals surface area contributed by atoms with E-state index in [2.05, 4.69) is 26.6 Å². The largest absolute Gasteiger partial charge is 0.479 e. The number of carboxylic acid groups (broad SMARTS) is 1. The van der Waals surface area contributed by atoms with Crippen molar-refractivity contribution in [3.8, 4) is 0 Å². The first kappa shape index (κ1) is 44.2. The molecule has 0 aromatic heterocycles. The lowest BCUT2D eigenvalue weighted by atomic mass is 9.74. The maximum absolute atomic E-state index is 14.2. The van der Waals surface area contributed by atoms with Gasteiger partial charge in [0.25, 0.3) is 11.8 Å². The summed E-state index contributed by atoms with van der Waals surface area (Å²) in [4.78, 5) is 91.8. The summed E-state index contributed by atoms with van der Waals surface area (Å²) in [5, 5.41) is 27.5. The lowest BCUT2D eigenvalue weighted by Crippen LogP contribution is -2.64. The maximum atomic E-state index is 14.2. The van der Waals surface area contributed by atoms with Crippen molar-refractivity contribution in [2.24, 2.45) is 17.0 Å². The molecule has 1 aliphatic carbocycles. The Morgan fingerprint density at radius 3 is 2.04 bits per heavy atom. The summed E-state index contributed by atoms with van der Waals surface area (Å²) in [7, 11) is -4.00. The fourth-order valence-electron chi connectivity index (χ4n) is 6.52. The summed E-state index contributed by atoms with van der Waals surface area (Å²) in [6.07, 6.45) is 4.43. The van der Waals surface area contributed by atoms with Gasteiger partial charge in [0.15, 0.2) is 6.04 Å². The standard InChI is InChI=1S/C38H52N6O10S/c1-5-12-28(32(46)35(49)40-22-30(45)43-31(36(50)51)24-13-8-6-9-14-24)41-34(48)29(21-23(2)3)42-37(52)38(4,26-15-10-7-11-16-26)44-33(47)25-17-19-27(20-18-25)55(39,53)54/h6,8-9,13-14,17-20,23,26,28-29,31H,5,7,10-12,15-16,21-22H2,1-4H3,(H,40,49)(H,41,48)(H,42,52)(H,43,45)(H,44,47)(H,50,51)(H2,39,53,54)/t28-,29+,31+,38+/m1/s1. The van der Waals surface area contributed by atoms with E-state index < -0.39 is 81.5 Å². The van der Waals surface area contributed by atoms with Gasteiger partial charge in [-0.3, -0.25) is 28.8 Å². The van der Waals surface area contributed by atoms with Crippen LogP contribution in [0.25, 0.3) is 0 Å². The Hall–Kier alpha value is -5.16. The van der Waals surface area contributed by atoms with E-state index in [9.17, 15) is 47.1 Å². The zero-order valence-electron chi connectivity index (χ0n) is 31.6. The molecule has 8 N–H and O–H groups in total. The summed E-state index contributed by atoms with van der Waals surface area (Å²) in [5.41, 5.74) is -1.10. The van der Waals surface area contributed by atoms with Gasteiger partial charge in [0.1, 0.15) is 11.6 Å². The number of carbonyl (C=O) groups is 7. The number of rotatable bonds is 19. The number of aliphatic carboxylic acids is 1. The fourth-order valence-corrected chi connectivity index (χ4v) is 7.04. The highest BCUT2D eigenvalue weighted by Crippen LogP contribution is 2.33. The van der Waals surface area contributed by atoms with E-state index in [1.807, 2.05) is 13.8 Å². The Balaban J connectivity index is 1.75. The number of sulfonamides is 1. The number of carboxylic acids is 1. The highest BCUT2D eigenvalue weighted by atomic mass is 32.2. The number of nitrogens with two attached hydrogens (primary N) is 1. The molecule has 5 amide bonds. The summed E-state index contributed by atoms with van der Waals surface area (Å²) >= 11 is 0. The number of Topliss-reactive ketones (excluding diaryl/α,β-unsaturated/α-hetero) is 1. The summed E-state index contributed by atoms with van der Waals surface area (Å²) in [5.74, 6) is -6.81. The highest BCUT2D eigenvalue weighted by Gasteiger charge is 2.44. The van der Waals surface area contributed by atoms with Crippen molar-refractivity contribution in [3.05, 3.63) is 65.7 Å². The number of ketones is 1. The minimum atomic E-state index is -4.00. The lowest BCUT2D eigenvalue weighted by molar-refractivity contribution is -0.142. The van der Waals surface area contributed by atoms with Gasteiger partial charge in [-0.15, -0.1) is 0 Å². The van der Waals surface area contributed by atoms with Gasteiger partial charge < -0.3 is 31.7 Å². The predicted molar refractivity (Wildman–Crippen MR) is 201 cm³/mol. The monoisotopic (exact) mass is 784 g/mol. The molecule has 300 valence electrons. The highest BCUT2D eigenvalue weighted by molar-refractivity contribution is 7.89. The second-order valence-corrected chi connectivity index (χ2v) is 15.9. The number of primary sulfonamides is 1. The average Bonchev–Trinajstić information content (AvgIpc) is 3.15. The van der Waals surface area contributed by atoms with Gasteiger partial charge in [-0.25, -0.2) is 18.4 Å². The molecular weight excluding hydrogens is 733 g/mol. The number of benzene rings is 2. The maximum Gasteiger partial charge on any atom is 0.330 e. The molecule has 1 fully saturated rings. The van der Waals surface area contributed by atoms with Gasteiger partial charge in [-0.2, -0.15) is 0 Å². The molecular formula is C38H52N6O10S. The Morgan fingerprint density at radius 1 is 0.873 bits per heavy atom. The Kier molecular flexibility index (Phi) is 16.1. The van der Waals surface area contributed by atoms with Crippen molar-refractivity contribution >= 4 is 51.3 Å². The van der Waals surface area contributed by atoms with Crippen molar-refractivity contribution in [1.29, 1.82) is 0 Å². The molecule has 2 aromatic carbocycles. The number of nitrogens with one attached hydrogen (secondary N) is 5. The molecule has 16 nitrogen and oxygen atoms in total. The molecule has 0 bridgehead atoms. The summed E-state index contributed by atoms with van der Waals surface area (Å²) in [6, 6.07) is 9.00. The average molecular weight is 785 g/mol. The minimum absolute atomic E-state index is 0.0573. The quantitative estimate of drug-likeness (QED) is 0.102. The third-order valence-corrected chi connectivity index (χ3v) is 10.5. The molecule has 55 heavy (non-hydrogen) atoms. The van der Waals surface area contributed by atoms with Crippen molar-refractivity contribution in [2.45, 2.75) is 108 Å². The van der Waals surface area contributed by atoms with E-state index in [1.165, 1.54) is 36.4 Å². The minimum Gasteiger partial charge on any atom is -0.479 e. The number of hydrogen-bond donors (Lipinski definition) is 7. The molecule has 0 saturated heterocycles. The molecule has 1 saturated carbocycles. The second-order valence-electron chi connectivity index (χ2n) is 14.4. The Morgan fingerprint density at radius 2 is 1.49 bits per heavy atom. The lowest BCUT2D eigenvalue weighted by Gasteiger charge is -2.40. The van der Waals surface area contributed by atoms with E-state index in [4.69, 9.17) is 5.14 Å². The second kappa shape index (κ2) is 20.0. The molecule has 2 aromatic rings. The van der Waals surface area contributed by atoms with Crippen LogP contribution in [0.5, 0.6) is 0 Å². The first-order valence-electron chi connectivity index (χ1n) is 18.3. The van der Waals surface area contributed by atoms with Crippen LogP contribution in [0.4, 0.5) is 0 Å². The van der Waals surface area contributed by atoms with Crippen LogP contribution in [-0.4, -0.2) is 79.0 Å². The van der Waals surface area contributed by atoms with Crippen LogP contribution >= 0.6 is 0 Å². The van der Waals surface area contributed by atoms with Crippen molar-refractivity contribution in [3.63, 3.8) is 0 Å². The number of carbonyl (C=O) groups excluding carboxylic acids is 6. The fraction of sp³-hybridized carbons (Fsp3) is 0.500.